The highest BCUT2D eigenvalue weighted by atomic mass is 16.5. The van der Waals surface area contributed by atoms with Gasteiger partial charge in [-0.05, 0) is 6.07 Å². The van der Waals surface area contributed by atoms with Gasteiger partial charge in [0.25, 0.3) is 0 Å². The topological polar surface area (TPSA) is 62.7 Å². The second-order valence-corrected chi connectivity index (χ2v) is 3.10. The lowest BCUT2D eigenvalue weighted by atomic mass is 10.2. The molecule has 0 spiro atoms. The van der Waals surface area contributed by atoms with Gasteiger partial charge in [0.1, 0.15) is 6.10 Å². The molecule has 5 heteroatoms. The summed E-state index contributed by atoms with van der Waals surface area (Å²) in [4.78, 5) is 15.7. The first-order valence-electron chi connectivity index (χ1n) is 4.31. The zero-order chi connectivity index (χ0) is 9.97. The van der Waals surface area contributed by atoms with Crippen molar-refractivity contribution in [1.29, 1.82) is 0 Å². The number of aromatic nitrogens is 1. The predicted octanol–water partition coefficient (Wildman–Crippen LogP) is 0.823. The summed E-state index contributed by atoms with van der Waals surface area (Å²) in [6.45, 7) is 0.845. The maximum atomic E-state index is 10.4. The Hall–Kier alpha value is -1.78. The van der Waals surface area contributed by atoms with Crippen LogP contribution in [0.4, 0.5) is 4.79 Å². The van der Waals surface area contributed by atoms with Crippen LogP contribution in [0, 0.1) is 0 Å². The number of nitrogens with zero attached hydrogens (tertiary/aromatic N) is 2. The van der Waals surface area contributed by atoms with Gasteiger partial charge in [0.2, 0.25) is 5.88 Å². The zero-order valence-corrected chi connectivity index (χ0v) is 7.46. The Morgan fingerprint density at radius 2 is 2.36 bits per heavy atom. The normalized spacial score (nSPS) is 16.1. The van der Waals surface area contributed by atoms with Crippen molar-refractivity contribution in [2.75, 3.05) is 13.1 Å². The molecule has 1 aliphatic rings. The van der Waals surface area contributed by atoms with Gasteiger partial charge in [-0.2, -0.15) is 0 Å². The van der Waals surface area contributed by atoms with Crippen LogP contribution in [0.5, 0.6) is 5.88 Å². The van der Waals surface area contributed by atoms with E-state index in [1.165, 1.54) is 4.90 Å². The third-order valence-corrected chi connectivity index (χ3v) is 2.04. The average Bonchev–Trinajstić information content (AvgIpc) is 2.12. The van der Waals surface area contributed by atoms with Crippen LogP contribution in [0.3, 0.4) is 0 Å². The molecule has 0 aliphatic carbocycles. The highest BCUT2D eigenvalue weighted by Gasteiger charge is 2.32. The van der Waals surface area contributed by atoms with Crippen LogP contribution >= 0.6 is 0 Å². The molecule has 1 saturated heterocycles. The van der Waals surface area contributed by atoms with E-state index in [1.807, 2.05) is 6.07 Å². The summed E-state index contributed by atoms with van der Waals surface area (Å²) in [6, 6.07) is 5.39. The molecule has 2 heterocycles. The summed E-state index contributed by atoms with van der Waals surface area (Å²) in [6.07, 6.45) is 0.690. The van der Waals surface area contributed by atoms with Crippen molar-refractivity contribution in [1.82, 2.24) is 9.88 Å². The molecule has 1 fully saturated rings. The van der Waals surface area contributed by atoms with Crippen LogP contribution in [0.2, 0.25) is 0 Å². The maximum Gasteiger partial charge on any atom is 0.407 e. The fraction of sp³-hybridized carbons (Fsp3) is 0.333. The monoisotopic (exact) mass is 194 g/mol. The largest absolute Gasteiger partial charge is 0.471 e. The van der Waals surface area contributed by atoms with Crippen molar-refractivity contribution in [2.45, 2.75) is 6.10 Å². The molecule has 0 radical (unpaired) electrons. The number of ether oxygens (including phenoxy) is 1. The van der Waals surface area contributed by atoms with E-state index in [9.17, 15) is 4.79 Å². The van der Waals surface area contributed by atoms with Gasteiger partial charge in [-0.3, -0.25) is 0 Å². The third kappa shape index (κ3) is 1.76. The number of rotatable bonds is 2. The summed E-state index contributed by atoms with van der Waals surface area (Å²) < 4.78 is 5.41. The van der Waals surface area contributed by atoms with E-state index in [2.05, 4.69) is 4.98 Å². The molecule has 1 aromatic rings. The van der Waals surface area contributed by atoms with Crippen molar-refractivity contribution < 1.29 is 14.6 Å². The summed E-state index contributed by atoms with van der Waals surface area (Å²) in [5.41, 5.74) is 0. The quantitative estimate of drug-likeness (QED) is 0.757. The number of carbonyl (C=O) groups is 1. The summed E-state index contributed by atoms with van der Waals surface area (Å²) in [5.74, 6) is 0.544. The molecule has 1 aromatic heterocycles. The van der Waals surface area contributed by atoms with Gasteiger partial charge in [-0.25, -0.2) is 9.78 Å². The lowest BCUT2D eigenvalue weighted by Gasteiger charge is -2.36. The molecule has 2 rings (SSSR count). The van der Waals surface area contributed by atoms with Crippen LogP contribution in [0.15, 0.2) is 24.4 Å². The number of carboxylic acid groups (broad SMARTS) is 1. The summed E-state index contributed by atoms with van der Waals surface area (Å²) >= 11 is 0. The molecular weight excluding hydrogens is 184 g/mol. The van der Waals surface area contributed by atoms with Gasteiger partial charge < -0.3 is 14.7 Å². The fourth-order valence-corrected chi connectivity index (χ4v) is 1.26. The lowest BCUT2D eigenvalue weighted by Crippen LogP contribution is -2.55. The minimum Gasteiger partial charge on any atom is -0.471 e. The number of hydrogen-bond acceptors (Lipinski definition) is 3. The number of likely N-dealkylation sites (tertiary alicyclic amines) is 1. The molecule has 1 amide bonds. The van der Waals surface area contributed by atoms with E-state index in [4.69, 9.17) is 9.84 Å². The molecule has 0 aromatic carbocycles. The Balaban J connectivity index is 1.82. The van der Waals surface area contributed by atoms with Crippen molar-refractivity contribution in [3.8, 4) is 5.88 Å². The van der Waals surface area contributed by atoms with Crippen molar-refractivity contribution in [3.63, 3.8) is 0 Å². The minimum atomic E-state index is -0.897. The second kappa shape index (κ2) is 3.53. The van der Waals surface area contributed by atoms with E-state index in [-0.39, 0.29) is 6.10 Å². The molecule has 1 aliphatic heterocycles. The van der Waals surface area contributed by atoms with Gasteiger partial charge in [0, 0.05) is 12.3 Å². The first-order valence-corrected chi connectivity index (χ1v) is 4.31. The van der Waals surface area contributed by atoms with Crippen LogP contribution in [0.1, 0.15) is 0 Å². The smallest absolute Gasteiger partial charge is 0.407 e. The summed E-state index contributed by atoms with van der Waals surface area (Å²) in [7, 11) is 0. The van der Waals surface area contributed by atoms with Gasteiger partial charge >= 0.3 is 6.09 Å². The molecule has 0 unspecified atom stereocenters. The maximum absolute atomic E-state index is 10.4. The minimum absolute atomic E-state index is 0.0546. The van der Waals surface area contributed by atoms with Crippen molar-refractivity contribution >= 4 is 6.09 Å². The zero-order valence-electron chi connectivity index (χ0n) is 7.46. The SMILES string of the molecule is O=C(O)N1CC(Oc2ccccn2)C1. The van der Waals surface area contributed by atoms with Crippen molar-refractivity contribution in [3.05, 3.63) is 24.4 Å². The predicted molar refractivity (Wildman–Crippen MR) is 48.3 cm³/mol. The summed E-state index contributed by atoms with van der Waals surface area (Å²) in [5, 5.41) is 8.57. The number of pyridine rings is 1. The number of hydrogen-bond donors (Lipinski definition) is 1. The van der Waals surface area contributed by atoms with Crippen LogP contribution < -0.4 is 4.74 Å². The fourth-order valence-electron chi connectivity index (χ4n) is 1.26. The molecule has 5 nitrogen and oxygen atoms in total. The third-order valence-electron chi connectivity index (χ3n) is 2.04. The Bertz CT molecular complexity index is 322. The van der Waals surface area contributed by atoms with E-state index >= 15 is 0 Å². The first kappa shape index (κ1) is 8.80. The van der Waals surface area contributed by atoms with Gasteiger partial charge in [-0.15, -0.1) is 0 Å². The molecule has 74 valence electrons. The Labute approximate surface area is 80.9 Å². The Morgan fingerprint density at radius 3 is 2.93 bits per heavy atom. The van der Waals surface area contributed by atoms with Gasteiger partial charge in [0.15, 0.2) is 0 Å². The average molecular weight is 194 g/mol. The van der Waals surface area contributed by atoms with Crippen LogP contribution in [-0.2, 0) is 0 Å². The van der Waals surface area contributed by atoms with E-state index in [1.54, 1.807) is 18.3 Å². The van der Waals surface area contributed by atoms with E-state index in [0.29, 0.717) is 19.0 Å². The molecular formula is C9H10N2O3. The molecule has 0 bridgehead atoms. The van der Waals surface area contributed by atoms with E-state index < -0.39 is 6.09 Å². The molecule has 14 heavy (non-hydrogen) atoms. The van der Waals surface area contributed by atoms with Crippen LogP contribution in [-0.4, -0.2) is 40.3 Å². The first-order chi connectivity index (χ1) is 6.75. The number of amides is 1. The Morgan fingerprint density at radius 1 is 1.57 bits per heavy atom. The molecule has 0 saturated carbocycles. The van der Waals surface area contributed by atoms with Crippen molar-refractivity contribution in [2.24, 2.45) is 0 Å². The standard InChI is InChI=1S/C9H10N2O3/c12-9(13)11-5-7(6-11)14-8-3-1-2-4-10-8/h1-4,7H,5-6H2,(H,12,13). The highest BCUT2D eigenvalue weighted by Crippen LogP contribution is 2.14. The second-order valence-electron chi connectivity index (χ2n) is 3.10. The molecule has 0 atom stereocenters. The Kier molecular flexibility index (Phi) is 2.22. The highest BCUT2D eigenvalue weighted by molar-refractivity contribution is 5.66. The van der Waals surface area contributed by atoms with Gasteiger partial charge in [-0.1, -0.05) is 6.07 Å². The lowest BCUT2D eigenvalue weighted by molar-refractivity contribution is 0.0228. The molecule has 1 N–H and O–H groups in total. The van der Waals surface area contributed by atoms with Gasteiger partial charge in [0.05, 0.1) is 13.1 Å². The van der Waals surface area contributed by atoms with E-state index in [0.717, 1.165) is 0 Å². The van der Waals surface area contributed by atoms with Crippen LogP contribution in [0.25, 0.3) is 0 Å².